The van der Waals surface area contributed by atoms with Crippen molar-refractivity contribution in [2.75, 3.05) is 25.4 Å². The number of hydrogen-bond donors (Lipinski definition) is 2. The first-order chi connectivity index (χ1) is 6.27. The minimum Gasteiger partial charge on any atom is -0.396 e. The Labute approximate surface area is 76.9 Å². The molecule has 2 heterocycles. The van der Waals surface area contributed by atoms with Crippen molar-refractivity contribution in [3.8, 4) is 0 Å². The molecule has 1 aliphatic heterocycles. The number of nitrogen functional groups attached to an aromatic ring is 1. The lowest BCUT2D eigenvalue weighted by Crippen LogP contribution is -2.33. The lowest BCUT2D eigenvalue weighted by molar-refractivity contribution is 0.0251. The highest BCUT2D eigenvalue weighted by atomic mass is 16.5. The van der Waals surface area contributed by atoms with E-state index in [2.05, 4.69) is 10.4 Å². The fourth-order valence-electron chi connectivity index (χ4n) is 1.52. The van der Waals surface area contributed by atoms with Crippen molar-refractivity contribution in [3.63, 3.8) is 0 Å². The number of nitrogens with zero attached hydrogens (tertiary/aromatic N) is 2. The van der Waals surface area contributed by atoms with E-state index in [4.69, 9.17) is 10.5 Å². The van der Waals surface area contributed by atoms with Crippen LogP contribution in [0.2, 0.25) is 0 Å². The SMILES string of the molecule is Cn1cc(N)c(C2CNCCO2)n1. The van der Waals surface area contributed by atoms with E-state index in [1.165, 1.54) is 0 Å². The highest BCUT2D eigenvalue weighted by Gasteiger charge is 2.20. The van der Waals surface area contributed by atoms with Gasteiger partial charge in [-0.2, -0.15) is 5.10 Å². The van der Waals surface area contributed by atoms with Gasteiger partial charge in [0.05, 0.1) is 12.3 Å². The maximum absolute atomic E-state index is 5.78. The van der Waals surface area contributed by atoms with Crippen LogP contribution < -0.4 is 11.1 Å². The molecule has 1 aromatic heterocycles. The molecule has 5 nitrogen and oxygen atoms in total. The standard InChI is InChI=1S/C8H14N4O/c1-12-5-6(9)8(11-12)7-4-10-2-3-13-7/h5,7,10H,2-4,9H2,1H3. The third kappa shape index (κ3) is 1.66. The molecule has 0 aromatic carbocycles. The second-order valence-electron chi connectivity index (χ2n) is 3.21. The minimum atomic E-state index is 0.00921. The average molecular weight is 182 g/mol. The number of hydrogen-bond acceptors (Lipinski definition) is 4. The highest BCUT2D eigenvalue weighted by Crippen LogP contribution is 2.22. The van der Waals surface area contributed by atoms with Crippen molar-refractivity contribution in [1.82, 2.24) is 15.1 Å². The predicted octanol–water partition coefficient (Wildman–Crippen LogP) is -0.337. The van der Waals surface area contributed by atoms with Crippen LogP contribution in [-0.4, -0.2) is 29.5 Å². The number of aryl methyl sites for hydroxylation is 1. The van der Waals surface area contributed by atoms with Gasteiger partial charge >= 0.3 is 0 Å². The Morgan fingerprint density at radius 2 is 2.62 bits per heavy atom. The molecule has 1 fully saturated rings. The van der Waals surface area contributed by atoms with Crippen LogP contribution in [0.4, 0.5) is 5.69 Å². The van der Waals surface area contributed by atoms with Crippen molar-refractivity contribution in [3.05, 3.63) is 11.9 Å². The van der Waals surface area contributed by atoms with Crippen molar-refractivity contribution < 1.29 is 4.74 Å². The highest BCUT2D eigenvalue weighted by molar-refractivity contribution is 5.42. The molecule has 1 unspecified atom stereocenters. The van der Waals surface area contributed by atoms with Gasteiger partial charge < -0.3 is 15.8 Å². The molecule has 1 aromatic rings. The summed E-state index contributed by atoms with van der Waals surface area (Å²) in [6.45, 7) is 2.42. The molecule has 1 atom stereocenters. The van der Waals surface area contributed by atoms with Crippen LogP contribution in [0.25, 0.3) is 0 Å². The van der Waals surface area contributed by atoms with Crippen molar-refractivity contribution >= 4 is 5.69 Å². The Bertz CT molecular complexity index is 290. The average Bonchev–Trinajstić information content (AvgIpc) is 2.47. The summed E-state index contributed by atoms with van der Waals surface area (Å²) in [6.07, 6.45) is 1.81. The van der Waals surface area contributed by atoms with Crippen LogP contribution in [0.3, 0.4) is 0 Å². The summed E-state index contributed by atoms with van der Waals surface area (Å²) in [4.78, 5) is 0. The van der Waals surface area contributed by atoms with Gasteiger partial charge in [0.15, 0.2) is 0 Å². The van der Waals surface area contributed by atoms with Gasteiger partial charge in [-0.3, -0.25) is 4.68 Å². The summed E-state index contributed by atoms with van der Waals surface area (Å²) in [7, 11) is 1.86. The molecule has 1 saturated heterocycles. The molecular weight excluding hydrogens is 168 g/mol. The van der Waals surface area contributed by atoms with Gasteiger partial charge in [-0.05, 0) is 0 Å². The zero-order chi connectivity index (χ0) is 9.26. The summed E-state index contributed by atoms with van der Waals surface area (Å²) in [5.41, 5.74) is 7.33. The number of ether oxygens (including phenoxy) is 1. The van der Waals surface area contributed by atoms with Crippen LogP contribution >= 0.6 is 0 Å². The Morgan fingerprint density at radius 3 is 3.15 bits per heavy atom. The van der Waals surface area contributed by atoms with Crippen LogP contribution in [0.5, 0.6) is 0 Å². The molecule has 0 amide bonds. The summed E-state index contributed by atoms with van der Waals surface area (Å²) >= 11 is 0. The van der Waals surface area contributed by atoms with Gasteiger partial charge in [-0.25, -0.2) is 0 Å². The maximum Gasteiger partial charge on any atom is 0.116 e. The first-order valence-electron chi connectivity index (χ1n) is 4.38. The van der Waals surface area contributed by atoms with Gasteiger partial charge in [0.25, 0.3) is 0 Å². The first-order valence-corrected chi connectivity index (χ1v) is 4.38. The second kappa shape index (κ2) is 3.35. The van der Waals surface area contributed by atoms with E-state index in [9.17, 15) is 0 Å². The van der Waals surface area contributed by atoms with Crippen molar-refractivity contribution in [1.29, 1.82) is 0 Å². The lowest BCUT2D eigenvalue weighted by Gasteiger charge is -2.22. The fraction of sp³-hybridized carbons (Fsp3) is 0.625. The van der Waals surface area contributed by atoms with Gasteiger partial charge in [0, 0.05) is 26.3 Å². The lowest BCUT2D eigenvalue weighted by atomic mass is 10.2. The quantitative estimate of drug-likeness (QED) is 0.624. The van der Waals surface area contributed by atoms with Crippen LogP contribution in [0.1, 0.15) is 11.8 Å². The molecule has 13 heavy (non-hydrogen) atoms. The van der Waals surface area contributed by atoms with E-state index in [1.807, 2.05) is 7.05 Å². The Kier molecular flexibility index (Phi) is 2.20. The molecule has 0 radical (unpaired) electrons. The van der Waals surface area contributed by atoms with Crippen molar-refractivity contribution in [2.24, 2.45) is 7.05 Å². The van der Waals surface area contributed by atoms with Gasteiger partial charge in [-0.15, -0.1) is 0 Å². The fourth-order valence-corrected chi connectivity index (χ4v) is 1.52. The Hall–Kier alpha value is -1.07. The third-order valence-electron chi connectivity index (χ3n) is 2.12. The zero-order valence-corrected chi connectivity index (χ0v) is 7.66. The molecule has 5 heteroatoms. The van der Waals surface area contributed by atoms with Crippen LogP contribution in [0.15, 0.2) is 6.20 Å². The molecule has 0 bridgehead atoms. The largest absolute Gasteiger partial charge is 0.396 e. The molecule has 1 aliphatic rings. The molecule has 3 N–H and O–H groups in total. The zero-order valence-electron chi connectivity index (χ0n) is 7.66. The topological polar surface area (TPSA) is 65.1 Å². The molecule has 0 spiro atoms. The first kappa shape index (κ1) is 8.52. The van der Waals surface area contributed by atoms with Gasteiger partial charge in [0.2, 0.25) is 0 Å². The molecular formula is C8H14N4O. The number of nitrogens with one attached hydrogen (secondary N) is 1. The van der Waals surface area contributed by atoms with Crippen molar-refractivity contribution in [2.45, 2.75) is 6.10 Å². The number of rotatable bonds is 1. The van der Waals surface area contributed by atoms with E-state index in [0.29, 0.717) is 5.69 Å². The van der Waals surface area contributed by atoms with E-state index in [0.717, 1.165) is 25.4 Å². The third-order valence-corrected chi connectivity index (χ3v) is 2.12. The number of nitrogens with two attached hydrogens (primary N) is 1. The number of anilines is 1. The molecule has 0 aliphatic carbocycles. The Balaban J connectivity index is 2.18. The smallest absolute Gasteiger partial charge is 0.116 e. The monoisotopic (exact) mass is 182 g/mol. The second-order valence-corrected chi connectivity index (χ2v) is 3.21. The normalized spacial score (nSPS) is 23.3. The summed E-state index contributed by atoms with van der Waals surface area (Å²) in [5.74, 6) is 0. The van der Waals surface area contributed by atoms with E-state index < -0.39 is 0 Å². The van der Waals surface area contributed by atoms with E-state index >= 15 is 0 Å². The summed E-state index contributed by atoms with van der Waals surface area (Å²) in [5, 5.41) is 7.50. The molecule has 0 saturated carbocycles. The van der Waals surface area contributed by atoms with Gasteiger partial charge in [-0.1, -0.05) is 0 Å². The van der Waals surface area contributed by atoms with Crippen LogP contribution in [0, 0.1) is 0 Å². The summed E-state index contributed by atoms with van der Waals surface area (Å²) < 4.78 is 7.25. The molecule has 72 valence electrons. The van der Waals surface area contributed by atoms with E-state index in [-0.39, 0.29) is 6.10 Å². The van der Waals surface area contributed by atoms with Crippen LogP contribution in [-0.2, 0) is 11.8 Å². The Morgan fingerprint density at radius 1 is 1.77 bits per heavy atom. The maximum atomic E-state index is 5.78. The summed E-state index contributed by atoms with van der Waals surface area (Å²) in [6, 6.07) is 0. The molecule has 2 rings (SSSR count). The number of morpholine rings is 1. The minimum absolute atomic E-state index is 0.00921. The number of aromatic nitrogens is 2. The predicted molar refractivity (Wildman–Crippen MR) is 49.2 cm³/mol. The van der Waals surface area contributed by atoms with E-state index in [1.54, 1.807) is 10.9 Å². The van der Waals surface area contributed by atoms with Gasteiger partial charge in [0.1, 0.15) is 11.8 Å².